The summed E-state index contributed by atoms with van der Waals surface area (Å²) in [7, 11) is 0. The molecule has 0 spiro atoms. The number of hydrazine groups is 1. The predicted molar refractivity (Wildman–Crippen MR) is 88.7 cm³/mol. The largest absolute Gasteiger partial charge is 0.334 e. The van der Waals surface area contributed by atoms with Gasteiger partial charge < -0.3 is 10.6 Å². The number of urea groups is 1. The fourth-order valence-corrected chi connectivity index (χ4v) is 1.85. The average Bonchev–Trinajstić information content (AvgIpc) is 2.64. The molecule has 25 heavy (non-hydrogen) atoms. The van der Waals surface area contributed by atoms with Crippen molar-refractivity contribution in [2.45, 2.75) is 6.54 Å². The van der Waals surface area contributed by atoms with E-state index in [1.807, 2.05) is 30.3 Å². The van der Waals surface area contributed by atoms with Crippen molar-refractivity contribution in [2.24, 2.45) is 0 Å². The van der Waals surface area contributed by atoms with Crippen LogP contribution in [0.3, 0.4) is 0 Å². The smallest absolute Gasteiger partial charge is 0.315 e. The Labute approximate surface area is 143 Å². The SMILES string of the molecule is O=C(CNC(=O)NCc1ccccc1)NNC(=O)c1ccc(F)cc1. The zero-order valence-corrected chi connectivity index (χ0v) is 13.2. The second-order valence-electron chi connectivity index (χ2n) is 5.03. The Morgan fingerprint density at radius 3 is 2.20 bits per heavy atom. The number of benzene rings is 2. The van der Waals surface area contributed by atoms with Crippen molar-refractivity contribution in [1.29, 1.82) is 0 Å². The number of carbonyl (C=O) groups excluding carboxylic acids is 3. The van der Waals surface area contributed by atoms with Crippen molar-refractivity contribution in [1.82, 2.24) is 21.5 Å². The lowest BCUT2D eigenvalue weighted by atomic mass is 10.2. The molecule has 8 heteroatoms. The van der Waals surface area contributed by atoms with E-state index in [-0.39, 0.29) is 12.1 Å². The molecule has 0 atom stereocenters. The van der Waals surface area contributed by atoms with Crippen molar-refractivity contribution >= 4 is 17.8 Å². The number of carbonyl (C=O) groups is 3. The third kappa shape index (κ3) is 6.30. The molecule has 2 rings (SSSR count). The van der Waals surface area contributed by atoms with Crippen LogP contribution >= 0.6 is 0 Å². The average molecular weight is 344 g/mol. The first kappa shape index (κ1) is 17.9. The number of hydrogen-bond acceptors (Lipinski definition) is 3. The van der Waals surface area contributed by atoms with Crippen molar-refractivity contribution < 1.29 is 18.8 Å². The van der Waals surface area contributed by atoms with Crippen LogP contribution in [0, 0.1) is 5.82 Å². The van der Waals surface area contributed by atoms with Crippen LogP contribution in [-0.4, -0.2) is 24.4 Å². The summed E-state index contributed by atoms with van der Waals surface area (Å²) in [4.78, 5) is 34.9. The molecule has 0 unspecified atom stereocenters. The zero-order chi connectivity index (χ0) is 18.1. The van der Waals surface area contributed by atoms with Gasteiger partial charge in [0.2, 0.25) is 0 Å². The van der Waals surface area contributed by atoms with Crippen molar-refractivity contribution in [3.63, 3.8) is 0 Å². The highest BCUT2D eigenvalue weighted by Crippen LogP contribution is 2.01. The van der Waals surface area contributed by atoms with Crippen LogP contribution in [0.1, 0.15) is 15.9 Å². The van der Waals surface area contributed by atoms with Gasteiger partial charge in [-0.05, 0) is 29.8 Å². The zero-order valence-electron chi connectivity index (χ0n) is 13.2. The van der Waals surface area contributed by atoms with Gasteiger partial charge in [0, 0.05) is 12.1 Å². The predicted octanol–water partition coefficient (Wildman–Crippen LogP) is 1.09. The van der Waals surface area contributed by atoms with Crippen LogP contribution in [0.4, 0.5) is 9.18 Å². The molecule has 0 aromatic heterocycles. The second kappa shape index (κ2) is 9.02. The third-order valence-corrected chi connectivity index (χ3v) is 3.13. The molecule has 4 amide bonds. The van der Waals surface area contributed by atoms with Crippen molar-refractivity contribution in [3.8, 4) is 0 Å². The Morgan fingerprint density at radius 2 is 1.52 bits per heavy atom. The number of rotatable bonds is 5. The van der Waals surface area contributed by atoms with Crippen LogP contribution in [0.5, 0.6) is 0 Å². The van der Waals surface area contributed by atoms with E-state index < -0.39 is 23.7 Å². The fraction of sp³-hybridized carbons (Fsp3) is 0.118. The van der Waals surface area contributed by atoms with Crippen LogP contribution in [0.25, 0.3) is 0 Å². The molecule has 130 valence electrons. The highest BCUT2D eigenvalue weighted by Gasteiger charge is 2.08. The van der Waals surface area contributed by atoms with Crippen LogP contribution in [0.2, 0.25) is 0 Å². The first-order valence-corrected chi connectivity index (χ1v) is 7.45. The van der Waals surface area contributed by atoms with E-state index in [0.717, 1.165) is 17.7 Å². The summed E-state index contributed by atoms with van der Waals surface area (Å²) in [5.41, 5.74) is 5.43. The maximum Gasteiger partial charge on any atom is 0.315 e. The summed E-state index contributed by atoms with van der Waals surface area (Å²) in [6, 6.07) is 13.6. The van der Waals surface area contributed by atoms with E-state index in [2.05, 4.69) is 21.5 Å². The lowest BCUT2D eigenvalue weighted by Gasteiger charge is -2.09. The Bertz CT molecular complexity index is 735. The topological polar surface area (TPSA) is 99.3 Å². The lowest BCUT2D eigenvalue weighted by Crippen LogP contribution is -2.47. The Morgan fingerprint density at radius 1 is 0.840 bits per heavy atom. The maximum absolute atomic E-state index is 12.8. The summed E-state index contributed by atoms with van der Waals surface area (Å²) in [5, 5.41) is 4.96. The van der Waals surface area contributed by atoms with Gasteiger partial charge in [-0.3, -0.25) is 20.4 Å². The maximum atomic E-state index is 12.8. The molecule has 0 aliphatic heterocycles. The van der Waals surface area contributed by atoms with Crippen LogP contribution < -0.4 is 21.5 Å². The molecule has 0 fully saturated rings. The highest BCUT2D eigenvalue weighted by molar-refractivity contribution is 5.95. The quantitative estimate of drug-likeness (QED) is 0.611. The Kier molecular flexibility index (Phi) is 6.47. The van der Waals surface area contributed by atoms with Crippen LogP contribution in [0.15, 0.2) is 54.6 Å². The van der Waals surface area contributed by atoms with Crippen molar-refractivity contribution in [2.75, 3.05) is 6.54 Å². The minimum atomic E-state index is -0.606. The van der Waals surface area contributed by atoms with Gasteiger partial charge in [0.15, 0.2) is 0 Å². The summed E-state index contributed by atoms with van der Waals surface area (Å²) >= 11 is 0. The summed E-state index contributed by atoms with van der Waals surface area (Å²) in [6.45, 7) is 0.0138. The molecule has 0 bridgehead atoms. The molecule has 0 heterocycles. The molecule has 0 saturated carbocycles. The van der Waals surface area contributed by atoms with Gasteiger partial charge in [-0.15, -0.1) is 0 Å². The van der Waals surface area contributed by atoms with Gasteiger partial charge in [-0.25, -0.2) is 9.18 Å². The molecule has 0 saturated heterocycles. The first-order valence-electron chi connectivity index (χ1n) is 7.45. The van der Waals surface area contributed by atoms with E-state index in [4.69, 9.17) is 0 Å². The molecular weight excluding hydrogens is 327 g/mol. The van der Waals surface area contributed by atoms with E-state index in [1.165, 1.54) is 12.1 Å². The second-order valence-corrected chi connectivity index (χ2v) is 5.03. The standard InChI is InChI=1S/C17H17FN4O3/c18-14-8-6-13(7-9-14)16(24)22-21-15(23)11-20-17(25)19-10-12-4-2-1-3-5-12/h1-9H,10-11H2,(H,21,23)(H,22,24)(H2,19,20,25). The van der Waals surface area contributed by atoms with Gasteiger partial charge in [-0.1, -0.05) is 30.3 Å². The monoisotopic (exact) mass is 344 g/mol. The van der Waals surface area contributed by atoms with Crippen molar-refractivity contribution in [3.05, 3.63) is 71.5 Å². The van der Waals surface area contributed by atoms with Gasteiger partial charge >= 0.3 is 6.03 Å². The first-order chi connectivity index (χ1) is 12.0. The van der Waals surface area contributed by atoms with E-state index in [0.29, 0.717) is 6.54 Å². The molecule has 2 aromatic carbocycles. The van der Waals surface area contributed by atoms with Gasteiger partial charge in [0.1, 0.15) is 12.4 Å². The summed E-state index contributed by atoms with van der Waals surface area (Å²) in [6.07, 6.45) is 0. The number of amides is 4. The van der Waals surface area contributed by atoms with Crippen LogP contribution in [-0.2, 0) is 11.3 Å². The number of hydrogen-bond donors (Lipinski definition) is 4. The molecule has 4 N–H and O–H groups in total. The van der Waals surface area contributed by atoms with E-state index >= 15 is 0 Å². The molecule has 2 aromatic rings. The van der Waals surface area contributed by atoms with Gasteiger partial charge in [0.25, 0.3) is 11.8 Å². The molecular formula is C17H17FN4O3. The molecule has 0 radical (unpaired) electrons. The number of nitrogens with one attached hydrogen (secondary N) is 4. The summed E-state index contributed by atoms with van der Waals surface area (Å²) < 4.78 is 12.8. The minimum absolute atomic E-state index is 0.190. The molecule has 0 aliphatic rings. The Hall–Kier alpha value is -3.42. The highest BCUT2D eigenvalue weighted by atomic mass is 19.1. The molecule has 7 nitrogen and oxygen atoms in total. The van der Waals surface area contributed by atoms with E-state index in [1.54, 1.807) is 0 Å². The van der Waals surface area contributed by atoms with Gasteiger partial charge in [-0.2, -0.15) is 0 Å². The third-order valence-electron chi connectivity index (χ3n) is 3.13. The Balaban J connectivity index is 1.65. The van der Waals surface area contributed by atoms with Gasteiger partial charge in [0.05, 0.1) is 0 Å². The van der Waals surface area contributed by atoms with E-state index in [9.17, 15) is 18.8 Å². The number of halogens is 1. The normalized spacial score (nSPS) is 9.80. The minimum Gasteiger partial charge on any atom is -0.334 e. The fourth-order valence-electron chi connectivity index (χ4n) is 1.85. The summed E-state index contributed by atoms with van der Waals surface area (Å²) in [5.74, 6) is -1.67. The molecule has 0 aliphatic carbocycles. The lowest BCUT2D eigenvalue weighted by molar-refractivity contribution is -0.120.